The molecule has 0 amide bonds. The number of hydrogen-bond acceptors (Lipinski definition) is 4. The standard InChI is InChI=1S/C23H17N4S.Ir/c1-15-11-18(17-7-4-3-5-8-17)12-16(2)22(15)27-13-25-26-23(27)19-9-6-10-20-21(19)24-14-28-20;/h3-8,10-14H,1-2H3;/q-1;. The summed E-state index contributed by atoms with van der Waals surface area (Å²) < 4.78 is 3.17. The smallest absolute Gasteiger partial charge is 0.114 e. The second-order valence-electron chi connectivity index (χ2n) is 6.77. The van der Waals surface area contributed by atoms with Gasteiger partial charge in [0.2, 0.25) is 0 Å². The van der Waals surface area contributed by atoms with Crippen LogP contribution in [0.1, 0.15) is 11.1 Å². The molecule has 0 aliphatic heterocycles. The molecular weight excluding hydrogens is 557 g/mol. The third-order valence-corrected chi connectivity index (χ3v) is 5.70. The van der Waals surface area contributed by atoms with Crippen LogP contribution in [0.5, 0.6) is 0 Å². The molecule has 4 nitrogen and oxygen atoms in total. The molecule has 0 aliphatic rings. The van der Waals surface area contributed by atoms with E-state index in [0.29, 0.717) is 0 Å². The predicted molar refractivity (Wildman–Crippen MR) is 114 cm³/mol. The van der Waals surface area contributed by atoms with Gasteiger partial charge in [0.25, 0.3) is 0 Å². The van der Waals surface area contributed by atoms with Crippen molar-refractivity contribution < 1.29 is 20.1 Å². The molecule has 0 aliphatic carbocycles. The molecule has 0 spiro atoms. The van der Waals surface area contributed by atoms with Crippen molar-refractivity contribution >= 4 is 21.6 Å². The zero-order valence-electron chi connectivity index (χ0n) is 15.9. The summed E-state index contributed by atoms with van der Waals surface area (Å²) in [5, 5.41) is 8.60. The Morgan fingerprint density at radius 3 is 2.48 bits per heavy atom. The summed E-state index contributed by atoms with van der Waals surface area (Å²) in [6, 6.07) is 22.1. The minimum absolute atomic E-state index is 0. The molecule has 0 fully saturated rings. The molecule has 0 atom stereocenters. The second kappa shape index (κ2) is 7.99. The summed E-state index contributed by atoms with van der Waals surface area (Å²) in [5.41, 5.74) is 9.51. The monoisotopic (exact) mass is 574 g/mol. The Morgan fingerprint density at radius 1 is 0.966 bits per heavy atom. The van der Waals surface area contributed by atoms with Gasteiger partial charge in [-0.3, -0.25) is 4.98 Å². The van der Waals surface area contributed by atoms with Gasteiger partial charge in [-0.15, -0.1) is 34.6 Å². The first-order valence-electron chi connectivity index (χ1n) is 9.03. The minimum atomic E-state index is 0. The molecule has 0 bridgehead atoms. The van der Waals surface area contributed by atoms with Gasteiger partial charge in [0.05, 0.1) is 11.3 Å². The van der Waals surface area contributed by atoms with E-state index in [1.165, 1.54) is 22.3 Å². The van der Waals surface area contributed by atoms with Crippen LogP contribution in [0.4, 0.5) is 0 Å². The molecule has 5 aromatic rings. The van der Waals surface area contributed by atoms with Crippen LogP contribution < -0.4 is 0 Å². The van der Waals surface area contributed by atoms with Crippen LogP contribution in [0.15, 0.2) is 66.4 Å². The van der Waals surface area contributed by atoms with E-state index in [1.807, 2.05) is 28.3 Å². The summed E-state index contributed by atoms with van der Waals surface area (Å²) in [6.07, 6.45) is 1.77. The first-order valence-corrected chi connectivity index (χ1v) is 9.91. The van der Waals surface area contributed by atoms with Crippen molar-refractivity contribution in [2.75, 3.05) is 0 Å². The van der Waals surface area contributed by atoms with Crippen LogP contribution in [0.25, 0.3) is 38.4 Å². The van der Waals surface area contributed by atoms with Gasteiger partial charge in [-0.25, -0.2) is 0 Å². The van der Waals surface area contributed by atoms with E-state index in [2.05, 4.69) is 71.5 Å². The van der Waals surface area contributed by atoms with Gasteiger partial charge in [0.15, 0.2) is 0 Å². The maximum atomic E-state index is 4.51. The van der Waals surface area contributed by atoms with E-state index < -0.39 is 0 Å². The maximum absolute atomic E-state index is 4.51. The molecule has 0 unspecified atom stereocenters. The van der Waals surface area contributed by atoms with Crippen molar-refractivity contribution in [1.29, 1.82) is 0 Å². The number of aryl methyl sites for hydroxylation is 2. The van der Waals surface area contributed by atoms with Gasteiger partial charge >= 0.3 is 0 Å². The quantitative estimate of drug-likeness (QED) is 0.263. The Kier molecular flexibility index (Phi) is 5.41. The van der Waals surface area contributed by atoms with Gasteiger partial charge in [-0.1, -0.05) is 35.9 Å². The molecule has 3 aromatic carbocycles. The Hall–Kier alpha value is -2.66. The zero-order chi connectivity index (χ0) is 19.1. The first kappa shape index (κ1) is 19.6. The predicted octanol–water partition coefficient (Wildman–Crippen LogP) is 5.63. The molecule has 145 valence electrons. The Bertz CT molecular complexity index is 1270. The molecule has 1 radical (unpaired) electrons. The first-order chi connectivity index (χ1) is 13.7. The van der Waals surface area contributed by atoms with Crippen molar-refractivity contribution in [2.24, 2.45) is 0 Å². The maximum Gasteiger partial charge on any atom is 0.114 e. The number of nitrogens with zero attached hydrogens (tertiary/aromatic N) is 4. The summed E-state index contributed by atoms with van der Waals surface area (Å²) in [6.45, 7) is 4.26. The Morgan fingerprint density at radius 2 is 1.72 bits per heavy atom. The summed E-state index contributed by atoms with van der Waals surface area (Å²) in [5.74, 6) is 0.759. The SMILES string of the molecule is Cc1cc(-c2ccccc2)cc(C)c1-n1cnnc1-c1[c-]ccc2scnc12.[Ir]. The van der Waals surface area contributed by atoms with Crippen LogP contribution in [0, 0.1) is 19.9 Å². The van der Waals surface area contributed by atoms with Crippen molar-refractivity contribution in [3.63, 3.8) is 0 Å². The molecule has 0 N–H and O–H groups in total. The van der Waals surface area contributed by atoms with Crippen LogP contribution >= 0.6 is 11.3 Å². The number of benzene rings is 3. The summed E-state index contributed by atoms with van der Waals surface area (Å²) in [4.78, 5) is 4.51. The van der Waals surface area contributed by atoms with E-state index in [4.69, 9.17) is 0 Å². The number of aromatic nitrogens is 4. The normalized spacial score (nSPS) is 10.8. The Balaban J connectivity index is 0.00000205. The van der Waals surface area contributed by atoms with Crippen molar-refractivity contribution in [1.82, 2.24) is 19.7 Å². The van der Waals surface area contributed by atoms with Crippen LogP contribution in [0.3, 0.4) is 0 Å². The van der Waals surface area contributed by atoms with E-state index in [0.717, 1.165) is 27.3 Å². The van der Waals surface area contributed by atoms with Crippen molar-refractivity contribution in [2.45, 2.75) is 13.8 Å². The molecule has 6 heteroatoms. The van der Waals surface area contributed by atoms with Crippen LogP contribution in [-0.2, 0) is 20.1 Å². The van der Waals surface area contributed by atoms with Gasteiger partial charge < -0.3 is 4.57 Å². The van der Waals surface area contributed by atoms with Crippen LogP contribution in [0.2, 0.25) is 0 Å². The van der Waals surface area contributed by atoms with E-state index in [9.17, 15) is 0 Å². The second-order valence-corrected chi connectivity index (χ2v) is 7.65. The van der Waals surface area contributed by atoms with Crippen LogP contribution in [-0.4, -0.2) is 19.7 Å². The van der Waals surface area contributed by atoms with Gasteiger partial charge in [-0.05, 0) is 52.9 Å². The molecule has 29 heavy (non-hydrogen) atoms. The fourth-order valence-corrected chi connectivity index (χ4v) is 4.39. The molecule has 5 rings (SSSR count). The third-order valence-electron chi connectivity index (χ3n) is 4.90. The average Bonchev–Trinajstić information content (AvgIpc) is 3.37. The molecular formula is C23H17IrN4S-. The summed E-state index contributed by atoms with van der Waals surface area (Å²) in [7, 11) is 0. The third kappa shape index (κ3) is 3.44. The molecule has 0 saturated carbocycles. The Labute approximate surface area is 186 Å². The van der Waals surface area contributed by atoms with E-state index in [-0.39, 0.29) is 20.1 Å². The van der Waals surface area contributed by atoms with Gasteiger partial charge in [-0.2, -0.15) is 5.10 Å². The topological polar surface area (TPSA) is 43.6 Å². The number of hydrogen-bond donors (Lipinski definition) is 0. The molecule has 2 aromatic heterocycles. The number of fused-ring (bicyclic) bond motifs is 1. The van der Waals surface area contributed by atoms with Gasteiger partial charge in [0.1, 0.15) is 6.33 Å². The fourth-order valence-electron chi connectivity index (χ4n) is 3.70. The largest absolute Gasteiger partial charge is 0.322 e. The fraction of sp³-hybridized carbons (Fsp3) is 0.0870. The minimum Gasteiger partial charge on any atom is -0.322 e. The number of rotatable bonds is 3. The van der Waals surface area contributed by atoms with Gasteiger partial charge in [0, 0.05) is 31.3 Å². The van der Waals surface area contributed by atoms with Crippen molar-refractivity contribution in [3.8, 4) is 28.2 Å². The summed E-state index contributed by atoms with van der Waals surface area (Å²) >= 11 is 1.62. The number of thiazole rings is 1. The molecule has 2 heterocycles. The zero-order valence-corrected chi connectivity index (χ0v) is 19.1. The van der Waals surface area contributed by atoms with Crippen molar-refractivity contribution in [3.05, 3.63) is 83.6 Å². The van der Waals surface area contributed by atoms with E-state index in [1.54, 1.807) is 17.7 Å². The average molecular weight is 574 g/mol. The molecule has 0 saturated heterocycles. The van der Waals surface area contributed by atoms with E-state index >= 15 is 0 Å².